The number of hydrogen-bond acceptors (Lipinski definition) is 5. The maximum atomic E-state index is 13.3. The van der Waals surface area contributed by atoms with Gasteiger partial charge in [0.25, 0.3) is 0 Å². The molecule has 168 valence electrons. The molecule has 7 nitrogen and oxygen atoms in total. The largest absolute Gasteiger partial charge is 0.458 e. The van der Waals surface area contributed by atoms with Crippen molar-refractivity contribution in [2.24, 2.45) is 5.92 Å². The lowest BCUT2D eigenvalue weighted by molar-refractivity contribution is -0.152. The van der Waals surface area contributed by atoms with Crippen LogP contribution in [0.15, 0.2) is 35.2 Å². The van der Waals surface area contributed by atoms with Gasteiger partial charge in [-0.2, -0.15) is 4.31 Å². The van der Waals surface area contributed by atoms with Crippen molar-refractivity contribution in [1.82, 2.24) is 9.21 Å². The first-order valence-electron chi connectivity index (χ1n) is 11.5. The van der Waals surface area contributed by atoms with Crippen LogP contribution in [0.25, 0.3) is 0 Å². The van der Waals surface area contributed by atoms with Crippen LogP contribution in [0.5, 0.6) is 0 Å². The highest BCUT2D eigenvalue weighted by Gasteiger charge is 2.55. The van der Waals surface area contributed by atoms with Gasteiger partial charge in [0.05, 0.1) is 17.2 Å². The van der Waals surface area contributed by atoms with Crippen LogP contribution in [0.3, 0.4) is 0 Å². The van der Waals surface area contributed by atoms with Crippen molar-refractivity contribution in [2.45, 2.75) is 80.4 Å². The second-order valence-electron chi connectivity index (χ2n) is 9.44. The van der Waals surface area contributed by atoms with E-state index in [4.69, 9.17) is 4.74 Å². The van der Waals surface area contributed by atoms with E-state index in [0.29, 0.717) is 30.8 Å². The number of benzene rings is 1. The van der Waals surface area contributed by atoms with Crippen molar-refractivity contribution < 1.29 is 22.7 Å². The van der Waals surface area contributed by atoms with Gasteiger partial charge >= 0.3 is 5.97 Å². The first-order valence-corrected chi connectivity index (χ1v) is 12.9. The molecule has 2 saturated heterocycles. The van der Waals surface area contributed by atoms with Gasteiger partial charge in [-0.1, -0.05) is 18.2 Å². The molecule has 0 radical (unpaired) electrons. The number of piperidine rings is 1. The van der Waals surface area contributed by atoms with E-state index in [2.05, 4.69) is 0 Å². The number of sulfonamides is 1. The van der Waals surface area contributed by atoms with Gasteiger partial charge in [0.2, 0.25) is 15.9 Å². The van der Waals surface area contributed by atoms with E-state index in [1.54, 1.807) is 28.6 Å². The summed E-state index contributed by atoms with van der Waals surface area (Å²) in [4.78, 5) is 27.5. The zero-order chi connectivity index (χ0) is 21.6. The Balaban J connectivity index is 1.28. The first-order chi connectivity index (χ1) is 14.9. The Bertz CT molecular complexity index is 945. The van der Waals surface area contributed by atoms with Crippen LogP contribution < -0.4 is 0 Å². The highest BCUT2D eigenvalue weighted by Crippen LogP contribution is 2.46. The molecule has 31 heavy (non-hydrogen) atoms. The molecule has 1 atom stereocenters. The number of esters is 1. The summed E-state index contributed by atoms with van der Waals surface area (Å²) in [6, 6.07) is 8.61. The molecule has 1 spiro atoms. The molecular weight excluding hydrogens is 416 g/mol. The predicted octanol–water partition coefficient (Wildman–Crippen LogP) is 2.71. The van der Waals surface area contributed by atoms with Crippen LogP contribution in [-0.2, 0) is 24.3 Å². The summed E-state index contributed by atoms with van der Waals surface area (Å²) >= 11 is 0. The van der Waals surface area contributed by atoms with Gasteiger partial charge in [0, 0.05) is 25.2 Å². The topological polar surface area (TPSA) is 84.0 Å². The third-order valence-electron chi connectivity index (χ3n) is 7.43. The number of amides is 1. The monoisotopic (exact) mass is 446 g/mol. The van der Waals surface area contributed by atoms with E-state index < -0.39 is 15.6 Å². The molecule has 2 aliphatic heterocycles. The lowest BCUT2D eigenvalue weighted by Gasteiger charge is -2.40. The Morgan fingerprint density at radius 2 is 1.61 bits per heavy atom. The Morgan fingerprint density at radius 3 is 2.23 bits per heavy atom. The molecule has 0 bridgehead atoms. The minimum absolute atomic E-state index is 0.00934. The molecule has 2 aliphatic carbocycles. The third-order valence-corrected chi connectivity index (χ3v) is 9.45. The maximum Gasteiger partial charge on any atom is 0.307 e. The highest BCUT2D eigenvalue weighted by molar-refractivity contribution is 7.89. The molecule has 0 N–H and O–H groups in total. The Kier molecular flexibility index (Phi) is 5.33. The molecular formula is C23H30N2O5S. The van der Waals surface area contributed by atoms with Gasteiger partial charge in [0.15, 0.2) is 0 Å². The van der Waals surface area contributed by atoms with E-state index in [0.717, 1.165) is 38.5 Å². The van der Waals surface area contributed by atoms with Gasteiger partial charge in [0.1, 0.15) is 5.60 Å². The molecule has 1 aromatic carbocycles. The average Bonchev–Trinajstić information content (AvgIpc) is 3.39. The lowest BCUT2D eigenvalue weighted by Crippen LogP contribution is -2.52. The molecule has 4 fully saturated rings. The van der Waals surface area contributed by atoms with E-state index in [1.165, 1.54) is 0 Å². The van der Waals surface area contributed by atoms with Crippen LogP contribution in [0, 0.1) is 5.92 Å². The van der Waals surface area contributed by atoms with Crippen LogP contribution in [0.1, 0.15) is 57.8 Å². The smallest absolute Gasteiger partial charge is 0.307 e. The minimum atomic E-state index is -3.55. The maximum absolute atomic E-state index is 13.3. The number of hydrogen-bond donors (Lipinski definition) is 0. The summed E-state index contributed by atoms with van der Waals surface area (Å²) in [7, 11) is -3.55. The standard InChI is InChI=1S/C23H30N2O5S/c26-21-16-20(23(30-21)12-4-5-13-23)22(27)24-14-10-18(11-15-24)25(17-8-9-17)31(28,29)19-6-2-1-3-7-19/h1-3,6-7,17-18,20H,4-5,8-16H2. The molecule has 1 unspecified atom stereocenters. The van der Waals surface area contributed by atoms with Gasteiger partial charge in [-0.3, -0.25) is 9.59 Å². The van der Waals surface area contributed by atoms with Crippen molar-refractivity contribution in [3.05, 3.63) is 30.3 Å². The Labute approximate surface area is 183 Å². The Morgan fingerprint density at radius 1 is 1.00 bits per heavy atom. The Hall–Kier alpha value is -1.93. The van der Waals surface area contributed by atoms with Gasteiger partial charge in [-0.25, -0.2) is 8.42 Å². The molecule has 0 aromatic heterocycles. The molecule has 4 aliphatic rings. The molecule has 5 rings (SSSR count). The number of carbonyl (C=O) groups excluding carboxylic acids is 2. The fourth-order valence-corrected chi connectivity index (χ4v) is 7.67. The summed E-state index contributed by atoms with van der Waals surface area (Å²) in [5, 5.41) is 0. The van der Waals surface area contributed by atoms with Crippen molar-refractivity contribution in [3.63, 3.8) is 0 Å². The summed E-state index contributed by atoms with van der Waals surface area (Å²) in [5.74, 6) is -0.634. The summed E-state index contributed by atoms with van der Waals surface area (Å²) in [5.41, 5.74) is -0.596. The van der Waals surface area contributed by atoms with Crippen molar-refractivity contribution in [1.29, 1.82) is 0 Å². The molecule has 2 heterocycles. The molecule has 1 amide bonds. The SMILES string of the molecule is O=C1CC(C(=O)N2CCC(N(C3CC3)S(=O)(=O)c3ccccc3)CC2)C2(CCCC2)O1. The highest BCUT2D eigenvalue weighted by atomic mass is 32.2. The number of ether oxygens (including phenoxy) is 1. The summed E-state index contributed by atoms with van der Waals surface area (Å²) in [6.07, 6.45) is 6.76. The van der Waals surface area contributed by atoms with Crippen LogP contribution in [-0.4, -0.2) is 60.3 Å². The van der Waals surface area contributed by atoms with Gasteiger partial charge in [-0.15, -0.1) is 0 Å². The number of rotatable bonds is 5. The molecule has 8 heteroatoms. The average molecular weight is 447 g/mol. The predicted molar refractivity (Wildman–Crippen MR) is 113 cm³/mol. The second kappa shape index (κ2) is 7.89. The number of nitrogens with zero attached hydrogens (tertiary/aromatic N) is 2. The van der Waals surface area contributed by atoms with E-state index >= 15 is 0 Å². The van der Waals surface area contributed by atoms with Gasteiger partial charge in [-0.05, 0) is 63.5 Å². The first kappa shape index (κ1) is 20.9. The van der Waals surface area contributed by atoms with Crippen LogP contribution in [0.4, 0.5) is 0 Å². The van der Waals surface area contributed by atoms with E-state index in [1.807, 2.05) is 11.0 Å². The fourth-order valence-electron chi connectivity index (χ4n) is 5.72. The van der Waals surface area contributed by atoms with Crippen molar-refractivity contribution in [3.8, 4) is 0 Å². The van der Waals surface area contributed by atoms with Crippen molar-refractivity contribution >= 4 is 21.9 Å². The van der Waals surface area contributed by atoms with Gasteiger partial charge < -0.3 is 9.64 Å². The third kappa shape index (κ3) is 3.78. The van der Waals surface area contributed by atoms with E-state index in [-0.39, 0.29) is 36.3 Å². The molecule has 1 aromatic rings. The minimum Gasteiger partial charge on any atom is -0.458 e. The normalized spacial score (nSPS) is 26.5. The number of likely N-dealkylation sites (tertiary alicyclic amines) is 1. The summed E-state index contributed by atoms with van der Waals surface area (Å²) in [6.45, 7) is 1.05. The zero-order valence-electron chi connectivity index (χ0n) is 17.7. The summed E-state index contributed by atoms with van der Waals surface area (Å²) < 4.78 is 34.0. The fraction of sp³-hybridized carbons (Fsp3) is 0.652. The zero-order valence-corrected chi connectivity index (χ0v) is 18.6. The molecule has 2 saturated carbocycles. The van der Waals surface area contributed by atoms with E-state index in [9.17, 15) is 18.0 Å². The van der Waals surface area contributed by atoms with Crippen LogP contribution >= 0.6 is 0 Å². The van der Waals surface area contributed by atoms with Crippen LogP contribution in [0.2, 0.25) is 0 Å². The quantitative estimate of drug-likeness (QED) is 0.650. The number of carbonyl (C=O) groups is 2. The second-order valence-corrected chi connectivity index (χ2v) is 11.3. The lowest BCUT2D eigenvalue weighted by atomic mass is 9.84. The van der Waals surface area contributed by atoms with Crippen molar-refractivity contribution in [2.75, 3.05) is 13.1 Å².